The molecule has 7 nitrogen and oxygen atoms in total. The molecule has 1 atom stereocenters. The first-order chi connectivity index (χ1) is 9.66. The molecule has 21 heavy (non-hydrogen) atoms. The lowest BCUT2D eigenvalue weighted by atomic mass is 9.84. The van der Waals surface area contributed by atoms with Crippen LogP contribution < -0.4 is 5.32 Å². The van der Waals surface area contributed by atoms with E-state index in [0.29, 0.717) is 12.1 Å². The van der Waals surface area contributed by atoms with E-state index < -0.39 is 10.9 Å². The molecule has 0 aliphatic carbocycles. The highest BCUT2D eigenvalue weighted by molar-refractivity contribution is 5.95. The number of anilines is 1. The monoisotopic (exact) mass is 296 g/mol. The maximum atomic E-state index is 11.3. The number of non-ortho nitro benzene ring substituents is 1. The first kappa shape index (κ1) is 16.9. The van der Waals surface area contributed by atoms with Crippen LogP contribution >= 0.6 is 0 Å². The maximum absolute atomic E-state index is 11.3. The summed E-state index contributed by atoms with van der Waals surface area (Å²) in [5, 5.41) is 32.1. The largest absolute Gasteiger partial charge is 0.478 e. The minimum Gasteiger partial charge on any atom is -0.478 e. The van der Waals surface area contributed by atoms with E-state index in [-0.39, 0.29) is 29.3 Å². The molecule has 3 N–H and O–H groups in total. The van der Waals surface area contributed by atoms with Crippen LogP contribution in [0.3, 0.4) is 0 Å². The lowest BCUT2D eigenvalue weighted by Crippen LogP contribution is -2.35. The average Bonchev–Trinajstić information content (AvgIpc) is 2.36. The molecule has 7 heteroatoms. The van der Waals surface area contributed by atoms with Crippen molar-refractivity contribution in [3.05, 3.63) is 33.9 Å². The number of aromatic carboxylic acids is 1. The number of nitrogens with one attached hydrogen (secondary N) is 1. The molecule has 1 rings (SSSR count). The molecular formula is C14H20N2O5. The number of rotatable bonds is 6. The van der Waals surface area contributed by atoms with E-state index in [9.17, 15) is 20.0 Å². The van der Waals surface area contributed by atoms with E-state index in [0.717, 1.165) is 6.07 Å². The lowest BCUT2D eigenvalue weighted by Gasteiger charge is -2.32. The number of nitro groups is 1. The molecule has 1 aromatic carbocycles. The average molecular weight is 296 g/mol. The fraction of sp³-hybridized carbons (Fsp3) is 0.500. The summed E-state index contributed by atoms with van der Waals surface area (Å²) >= 11 is 0. The number of benzene rings is 1. The molecule has 0 bridgehead atoms. The Labute approximate surface area is 122 Å². The van der Waals surface area contributed by atoms with Gasteiger partial charge in [-0.3, -0.25) is 10.1 Å². The molecular weight excluding hydrogens is 276 g/mol. The van der Waals surface area contributed by atoms with Crippen LogP contribution in [0.4, 0.5) is 11.4 Å². The number of carbonyl (C=O) groups is 1. The van der Waals surface area contributed by atoms with Crippen molar-refractivity contribution in [1.82, 2.24) is 0 Å². The normalized spacial score (nSPS) is 12.8. The van der Waals surface area contributed by atoms with Crippen LogP contribution in [0.5, 0.6) is 0 Å². The van der Waals surface area contributed by atoms with E-state index in [2.05, 4.69) is 5.32 Å². The Morgan fingerprint density at radius 3 is 2.48 bits per heavy atom. The zero-order valence-corrected chi connectivity index (χ0v) is 12.3. The van der Waals surface area contributed by atoms with Crippen LogP contribution in [0.1, 0.15) is 37.6 Å². The number of nitro benzene ring substituents is 1. The first-order valence-corrected chi connectivity index (χ1v) is 6.56. The smallest absolute Gasteiger partial charge is 0.338 e. The fourth-order valence-electron chi connectivity index (χ4n) is 1.99. The van der Waals surface area contributed by atoms with Gasteiger partial charge in [-0.25, -0.2) is 4.79 Å². The van der Waals surface area contributed by atoms with Gasteiger partial charge in [-0.05, 0) is 17.9 Å². The van der Waals surface area contributed by atoms with Crippen molar-refractivity contribution in [1.29, 1.82) is 0 Å². The van der Waals surface area contributed by atoms with E-state index in [1.165, 1.54) is 12.1 Å². The summed E-state index contributed by atoms with van der Waals surface area (Å²) in [7, 11) is 0. The summed E-state index contributed by atoms with van der Waals surface area (Å²) in [6.07, 6.45) is 0.444. The second kappa shape index (κ2) is 6.53. The predicted octanol–water partition coefficient (Wildman–Crippen LogP) is 2.50. The number of hydrogen-bond donors (Lipinski definition) is 3. The Kier molecular flexibility index (Phi) is 5.26. The number of nitrogens with zero attached hydrogens (tertiary/aromatic N) is 1. The Morgan fingerprint density at radius 2 is 2.05 bits per heavy atom. The standard InChI is InChI=1S/C14H20N2O5/c1-14(2,3)12(6-7-17)15-11-5-4-9(16(20)21)8-10(11)13(18)19/h4-5,8,12,15,17H,6-7H2,1-3H3,(H,18,19). The van der Waals surface area contributed by atoms with Gasteiger partial charge in [-0.1, -0.05) is 20.8 Å². The van der Waals surface area contributed by atoms with Crippen LogP contribution in [-0.2, 0) is 0 Å². The van der Waals surface area contributed by atoms with E-state index in [1.54, 1.807) is 0 Å². The van der Waals surface area contributed by atoms with Crippen molar-refractivity contribution in [3.63, 3.8) is 0 Å². The summed E-state index contributed by atoms with van der Waals surface area (Å²) < 4.78 is 0. The molecule has 116 valence electrons. The first-order valence-electron chi connectivity index (χ1n) is 6.56. The summed E-state index contributed by atoms with van der Waals surface area (Å²) in [6, 6.07) is 3.51. The predicted molar refractivity (Wildman–Crippen MR) is 78.6 cm³/mol. The summed E-state index contributed by atoms with van der Waals surface area (Å²) in [4.78, 5) is 21.4. The molecule has 0 amide bonds. The molecule has 0 aromatic heterocycles. The van der Waals surface area contributed by atoms with Crippen molar-refractivity contribution < 1.29 is 19.9 Å². The van der Waals surface area contributed by atoms with Gasteiger partial charge in [-0.2, -0.15) is 0 Å². The molecule has 1 unspecified atom stereocenters. The number of hydrogen-bond acceptors (Lipinski definition) is 5. The number of carboxylic acid groups (broad SMARTS) is 1. The number of carboxylic acids is 1. The van der Waals surface area contributed by atoms with Crippen LogP contribution in [0, 0.1) is 15.5 Å². The Morgan fingerprint density at radius 1 is 1.43 bits per heavy atom. The molecule has 0 aliphatic heterocycles. The van der Waals surface area contributed by atoms with Crippen molar-refractivity contribution in [2.75, 3.05) is 11.9 Å². The van der Waals surface area contributed by atoms with Gasteiger partial charge in [0, 0.05) is 30.5 Å². The Balaban J connectivity index is 3.17. The highest BCUT2D eigenvalue weighted by atomic mass is 16.6. The molecule has 0 saturated heterocycles. The highest BCUT2D eigenvalue weighted by Crippen LogP contribution is 2.29. The van der Waals surface area contributed by atoms with Gasteiger partial charge in [0.05, 0.1) is 10.5 Å². The van der Waals surface area contributed by atoms with Crippen molar-refractivity contribution in [2.24, 2.45) is 5.41 Å². The van der Waals surface area contributed by atoms with E-state index in [1.807, 2.05) is 20.8 Å². The van der Waals surface area contributed by atoms with Crippen molar-refractivity contribution >= 4 is 17.3 Å². The summed E-state index contributed by atoms with van der Waals surface area (Å²) in [5.41, 5.74) is -0.328. The molecule has 0 heterocycles. The summed E-state index contributed by atoms with van der Waals surface area (Å²) in [5.74, 6) is -1.24. The topological polar surface area (TPSA) is 113 Å². The maximum Gasteiger partial charge on any atom is 0.338 e. The van der Waals surface area contributed by atoms with Crippen molar-refractivity contribution in [3.8, 4) is 0 Å². The van der Waals surface area contributed by atoms with E-state index >= 15 is 0 Å². The van der Waals surface area contributed by atoms with Crippen LogP contribution in [-0.4, -0.2) is 33.8 Å². The summed E-state index contributed by atoms with van der Waals surface area (Å²) in [6.45, 7) is 5.86. The lowest BCUT2D eigenvalue weighted by molar-refractivity contribution is -0.384. The van der Waals surface area contributed by atoms with Gasteiger partial charge in [0.2, 0.25) is 0 Å². The molecule has 0 fully saturated rings. The van der Waals surface area contributed by atoms with Gasteiger partial charge in [-0.15, -0.1) is 0 Å². The van der Waals surface area contributed by atoms with E-state index in [4.69, 9.17) is 5.11 Å². The number of aliphatic hydroxyl groups is 1. The van der Waals surface area contributed by atoms with Gasteiger partial charge in [0.25, 0.3) is 5.69 Å². The molecule has 0 saturated carbocycles. The number of aliphatic hydroxyl groups excluding tert-OH is 1. The zero-order chi connectivity index (χ0) is 16.2. The minimum atomic E-state index is -1.24. The SMILES string of the molecule is CC(C)(C)C(CCO)Nc1ccc([N+](=O)[O-])cc1C(=O)O. The molecule has 0 radical (unpaired) electrons. The van der Waals surface area contributed by atoms with Crippen molar-refractivity contribution in [2.45, 2.75) is 33.2 Å². The second-order valence-corrected chi connectivity index (χ2v) is 5.87. The molecule has 1 aromatic rings. The minimum absolute atomic E-state index is 0.0374. The molecule has 0 aliphatic rings. The Hall–Kier alpha value is -2.15. The van der Waals surface area contributed by atoms with Gasteiger partial charge >= 0.3 is 5.97 Å². The fourth-order valence-corrected chi connectivity index (χ4v) is 1.99. The third-order valence-corrected chi connectivity index (χ3v) is 3.24. The van der Waals surface area contributed by atoms with Gasteiger partial charge < -0.3 is 15.5 Å². The van der Waals surface area contributed by atoms with Gasteiger partial charge in [0.15, 0.2) is 0 Å². The Bertz CT molecular complexity index is 537. The van der Waals surface area contributed by atoms with Gasteiger partial charge in [0.1, 0.15) is 0 Å². The third kappa shape index (κ3) is 4.42. The van der Waals surface area contributed by atoms with Crippen LogP contribution in [0.2, 0.25) is 0 Å². The van der Waals surface area contributed by atoms with Crippen LogP contribution in [0.25, 0.3) is 0 Å². The quantitative estimate of drug-likeness (QED) is 0.549. The second-order valence-electron chi connectivity index (χ2n) is 5.87. The third-order valence-electron chi connectivity index (χ3n) is 3.24. The highest BCUT2D eigenvalue weighted by Gasteiger charge is 2.26. The zero-order valence-electron chi connectivity index (χ0n) is 12.3. The molecule has 0 spiro atoms. The van der Waals surface area contributed by atoms with Crippen LogP contribution in [0.15, 0.2) is 18.2 Å².